The van der Waals surface area contributed by atoms with Crippen LogP contribution in [0.25, 0.3) is 0 Å². The number of thioether (sulfide) groups is 1. The van der Waals surface area contributed by atoms with Gasteiger partial charge in [0.05, 0.1) is 10.6 Å². The molecule has 1 aromatic heterocycles. The van der Waals surface area contributed by atoms with Gasteiger partial charge in [-0.05, 0) is 49.9 Å². The van der Waals surface area contributed by atoms with Crippen molar-refractivity contribution in [1.29, 1.82) is 0 Å². The van der Waals surface area contributed by atoms with Crippen LogP contribution in [0.1, 0.15) is 48.6 Å². The summed E-state index contributed by atoms with van der Waals surface area (Å²) in [7, 11) is -0.618. The Bertz CT molecular complexity index is 995. The molecule has 158 valence electrons. The molecule has 0 spiro atoms. The van der Waals surface area contributed by atoms with Crippen LogP contribution in [0.2, 0.25) is 0 Å². The minimum Gasteiger partial charge on any atom is -0.325 e. The van der Waals surface area contributed by atoms with E-state index in [0.717, 1.165) is 34.1 Å². The van der Waals surface area contributed by atoms with Crippen molar-refractivity contribution < 1.29 is 13.2 Å². The maximum absolute atomic E-state index is 12.4. The van der Waals surface area contributed by atoms with E-state index in [-0.39, 0.29) is 16.6 Å². The number of carbonyl (C=O) groups excluding carboxylic acids is 1. The van der Waals surface area contributed by atoms with Gasteiger partial charge < -0.3 is 5.32 Å². The van der Waals surface area contributed by atoms with E-state index in [1.807, 2.05) is 13.8 Å². The maximum atomic E-state index is 12.4. The Morgan fingerprint density at radius 2 is 1.97 bits per heavy atom. The average molecular weight is 438 g/mol. The number of nitrogens with one attached hydrogen (secondary N) is 2. The van der Waals surface area contributed by atoms with Crippen LogP contribution in [0.15, 0.2) is 22.2 Å². The van der Waals surface area contributed by atoms with E-state index in [0.29, 0.717) is 16.8 Å². The molecule has 1 amide bonds. The Labute approximate surface area is 175 Å². The van der Waals surface area contributed by atoms with Crippen molar-refractivity contribution in [3.05, 3.63) is 29.1 Å². The number of aromatic nitrogens is 3. The van der Waals surface area contributed by atoms with Gasteiger partial charge in [0.1, 0.15) is 5.82 Å². The van der Waals surface area contributed by atoms with Crippen LogP contribution in [0.4, 0.5) is 5.69 Å². The third-order valence-corrected chi connectivity index (χ3v) is 7.89. The van der Waals surface area contributed by atoms with Gasteiger partial charge in [-0.15, -0.1) is 5.10 Å². The lowest BCUT2D eigenvalue weighted by molar-refractivity contribution is -0.113. The fraction of sp³-hybridized carbons (Fsp3) is 0.526. The summed E-state index contributed by atoms with van der Waals surface area (Å²) in [6, 6.07) is 3.12. The highest BCUT2D eigenvalue weighted by atomic mass is 32.2. The molecule has 1 heterocycles. The summed E-state index contributed by atoms with van der Waals surface area (Å²) in [6.07, 6.45) is 4.70. The monoisotopic (exact) mass is 437 g/mol. The maximum Gasteiger partial charge on any atom is 0.242 e. The lowest BCUT2D eigenvalue weighted by Gasteiger charge is -2.16. The Hall–Kier alpha value is -1.91. The van der Waals surface area contributed by atoms with E-state index < -0.39 is 10.0 Å². The molecule has 1 aliphatic rings. The van der Waals surface area contributed by atoms with Gasteiger partial charge in [-0.1, -0.05) is 24.6 Å². The quantitative estimate of drug-likeness (QED) is 0.645. The number of carbonyl (C=O) groups is 1. The Morgan fingerprint density at radius 1 is 1.28 bits per heavy atom. The number of aryl methyl sites for hydroxylation is 1. The third kappa shape index (κ3) is 4.99. The number of aromatic amines is 1. The van der Waals surface area contributed by atoms with Crippen molar-refractivity contribution >= 4 is 33.4 Å². The van der Waals surface area contributed by atoms with E-state index in [9.17, 15) is 13.2 Å². The molecule has 1 saturated carbocycles. The Kier molecular flexibility index (Phi) is 6.65. The Balaban J connectivity index is 1.66. The van der Waals surface area contributed by atoms with Crippen molar-refractivity contribution in [3.8, 4) is 0 Å². The topological polar surface area (TPSA) is 108 Å². The molecule has 2 aromatic rings. The second-order valence-electron chi connectivity index (χ2n) is 7.52. The van der Waals surface area contributed by atoms with E-state index in [1.165, 1.54) is 44.8 Å². The van der Waals surface area contributed by atoms with E-state index in [1.54, 1.807) is 6.07 Å². The van der Waals surface area contributed by atoms with Crippen molar-refractivity contribution in [2.75, 3.05) is 25.2 Å². The molecule has 0 aliphatic heterocycles. The molecule has 1 fully saturated rings. The largest absolute Gasteiger partial charge is 0.325 e. The second-order valence-corrected chi connectivity index (χ2v) is 10.6. The van der Waals surface area contributed by atoms with Crippen LogP contribution in [0.5, 0.6) is 0 Å². The fourth-order valence-corrected chi connectivity index (χ4v) is 4.96. The van der Waals surface area contributed by atoms with Gasteiger partial charge in [0.15, 0.2) is 0 Å². The van der Waals surface area contributed by atoms with Gasteiger partial charge in [-0.25, -0.2) is 17.7 Å². The first kappa shape index (κ1) is 21.8. The van der Waals surface area contributed by atoms with Crippen LogP contribution in [0.3, 0.4) is 0 Å². The predicted molar refractivity (Wildman–Crippen MR) is 114 cm³/mol. The number of benzene rings is 1. The van der Waals surface area contributed by atoms with Crippen LogP contribution < -0.4 is 5.32 Å². The van der Waals surface area contributed by atoms with E-state index >= 15 is 0 Å². The smallest absolute Gasteiger partial charge is 0.242 e. The SMILES string of the molecule is Cc1cc(S(=O)(=O)N(C)C)cc(NC(=O)CSc2n[nH]c(C3CCCC3)n2)c1C. The molecule has 0 bridgehead atoms. The number of nitrogens with zero attached hydrogens (tertiary/aromatic N) is 3. The molecule has 0 atom stereocenters. The van der Waals surface area contributed by atoms with Crippen molar-refractivity contribution in [3.63, 3.8) is 0 Å². The summed E-state index contributed by atoms with van der Waals surface area (Å²) in [6.45, 7) is 3.68. The zero-order chi connectivity index (χ0) is 21.2. The first-order valence-corrected chi connectivity index (χ1v) is 12.0. The first-order chi connectivity index (χ1) is 13.7. The number of H-pyrrole nitrogens is 1. The number of hydrogen-bond donors (Lipinski definition) is 2. The molecule has 1 aromatic carbocycles. The normalized spacial score (nSPS) is 15.2. The van der Waals surface area contributed by atoms with Crippen LogP contribution >= 0.6 is 11.8 Å². The summed E-state index contributed by atoms with van der Waals surface area (Å²) < 4.78 is 26.0. The van der Waals surface area contributed by atoms with Crippen molar-refractivity contribution in [2.45, 2.75) is 55.5 Å². The third-order valence-electron chi connectivity index (χ3n) is 5.25. The van der Waals surface area contributed by atoms with Gasteiger partial charge >= 0.3 is 0 Å². The molecule has 10 heteroatoms. The van der Waals surface area contributed by atoms with Gasteiger partial charge in [0.2, 0.25) is 21.1 Å². The van der Waals surface area contributed by atoms with Gasteiger partial charge in [0.25, 0.3) is 0 Å². The molecule has 3 rings (SSSR count). The highest BCUT2D eigenvalue weighted by Crippen LogP contribution is 2.32. The number of hydrogen-bond acceptors (Lipinski definition) is 6. The minimum atomic E-state index is -3.58. The second kappa shape index (κ2) is 8.85. The van der Waals surface area contributed by atoms with E-state index in [4.69, 9.17) is 0 Å². The van der Waals surface area contributed by atoms with Crippen molar-refractivity contribution in [1.82, 2.24) is 19.5 Å². The number of amides is 1. The number of rotatable bonds is 7. The van der Waals surface area contributed by atoms with Crippen LogP contribution in [-0.2, 0) is 14.8 Å². The van der Waals surface area contributed by atoms with Crippen LogP contribution in [0, 0.1) is 13.8 Å². The lowest BCUT2D eigenvalue weighted by atomic mass is 10.1. The van der Waals surface area contributed by atoms with Gasteiger partial charge in [-0.3, -0.25) is 9.89 Å². The fourth-order valence-electron chi connectivity index (χ4n) is 3.34. The van der Waals surface area contributed by atoms with Gasteiger partial charge in [-0.2, -0.15) is 0 Å². The molecule has 1 aliphatic carbocycles. The molecule has 2 N–H and O–H groups in total. The molecule has 0 radical (unpaired) electrons. The molecule has 8 nitrogen and oxygen atoms in total. The molecule has 0 unspecified atom stereocenters. The standard InChI is InChI=1S/C19H27N5O3S2/c1-12-9-15(29(26,27)24(3)4)10-16(13(12)2)20-17(25)11-28-19-21-18(22-23-19)14-7-5-6-8-14/h9-10,14H,5-8,11H2,1-4H3,(H,20,25)(H,21,22,23). The summed E-state index contributed by atoms with van der Waals surface area (Å²) in [4.78, 5) is 17.1. The zero-order valence-electron chi connectivity index (χ0n) is 17.2. The van der Waals surface area contributed by atoms with Crippen molar-refractivity contribution in [2.24, 2.45) is 0 Å². The summed E-state index contributed by atoms with van der Waals surface area (Å²) in [5.74, 6) is 1.26. The molecule has 0 saturated heterocycles. The predicted octanol–water partition coefficient (Wildman–Crippen LogP) is 3.06. The minimum absolute atomic E-state index is 0.144. The average Bonchev–Trinajstić information content (AvgIpc) is 3.34. The highest BCUT2D eigenvalue weighted by Gasteiger charge is 2.22. The van der Waals surface area contributed by atoms with E-state index in [2.05, 4.69) is 20.5 Å². The number of sulfonamides is 1. The zero-order valence-corrected chi connectivity index (χ0v) is 18.8. The molecular formula is C19H27N5O3S2. The molecule has 29 heavy (non-hydrogen) atoms. The summed E-state index contributed by atoms with van der Waals surface area (Å²) >= 11 is 1.26. The van der Waals surface area contributed by atoms with Gasteiger partial charge in [0, 0.05) is 25.7 Å². The summed E-state index contributed by atoms with van der Waals surface area (Å²) in [5, 5.41) is 10.6. The highest BCUT2D eigenvalue weighted by molar-refractivity contribution is 7.99. The lowest BCUT2D eigenvalue weighted by Crippen LogP contribution is -2.23. The number of anilines is 1. The summed E-state index contributed by atoms with van der Waals surface area (Å²) in [5.41, 5.74) is 2.13. The van der Waals surface area contributed by atoms with Crippen LogP contribution in [-0.4, -0.2) is 53.7 Å². The first-order valence-electron chi connectivity index (χ1n) is 9.57. The Morgan fingerprint density at radius 3 is 2.62 bits per heavy atom. The molecular weight excluding hydrogens is 410 g/mol.